The lowest BCUT2D eigenvalue weighted by Gasteiger charge is -2.18. The number of nitrogens with one attached hydrogen (secondary N) is 2. The summed E-state index contributed by atoms with van der Waals surface area (Å²) in [6.45, 7) is 4.23. The number of benzene rings is 2. The van der Waals surface area contributed by atoms with Crippen LogP contribution in [0.4, 0.5) is 26.3 Å². The molecule has 3 rings (SSSR count). The zero-order valence-electron chi connectivity index (χ0n) is 22.9. The molecule has 0 saturated carbocycles. The van der Waals surface area contributed by atoms with Gasteiger partial charge in [-0.05, 0) is 61.7 Å². The zero-order valence-corrected chi connectivity index (χ0v) is 22.9. The van der Waals surface area contributed by atoms with Crippen molar-refractivity contribution in [2.75, 3.05) is 0 Å². The van der Waals surface area contributed by atoms with Crippen molar-refractivity contribution in [1.82, 2.24) is 15.1 Å². The summed E-state index contributed by atoms with van der Waals surface area (Å²) in [6, 6.07) is 7.47. The Kier molecular flexibility index (Phi) is 10.1. The summed E-state index contributed by atoms with van der Waals surface area (Å²) in [5, 5.41) is 13.8. The minimum absolute atomic E-state index is 0.0474. The van der Waals surface area contributed by atoms with Gasteiger partial charge in [0.15, 0.2) is 5.69 Å². The number of nitrogens with zero attached hydrogens (tertiary/aromatic N) is 3. The number of amidine groups is 1. The minimum atomic E-state index is -4.71. The lowest BCUT2D eigenvalue weighted by molar-refractivity contribution is -0.141. The molecule has 42 heavy (non-hydrogen) atoms. The van der Waals surface area contributed by atoms with Gasteiger partial charge in [0.25, 0.3) is 0 Å². The quantitative estimate of drug-likeness (QED) is 0.118. The summed E-state index contributed by atoms with van der Waals surface area (Å²) in [7, 11) is 0. The zero-order chi connectivity index (χ0) is 31.2. The lowest BCUT2D eigenvalue weighted by Crippen LogP contribution is -2.30. The Morgan fingerprint density at radius 1 is 1.10 bits per heavy atom. The molecule has 0 aliphatic heterocycles. The van der Waals surface area contributed by atoms with Crippen molar-refractivity contribution in [3.63, 3.8) is 0 Å². The second-order valence-corrected chi connectivity index (χ2v) is 9.06. The van der Waals surface area contributed by atoms with E-state index in [-0.39, 0.29) is 41.1 Å². The predicted molar refractivity (Wildman–Crippen MR) is 147 cm³/mol. The molecule has 0 bridgehead atoms. The second kappa shape index (κ2) is 13.3. The summed E-state index contributed by atoms with van der Waals surface area (Å²) in [6.07, 6.45) is -1.81. The van der Waals surface area contributed by atoms with Crippen molar-refractivity contribution in [2.45, 2.75) is 46.3 Å². The van der Waals surface area contributed by atoms with E-state index in [9.17, 15) is 31.1 Å². The number of aliphatic imine (C=N–C) groups is 1. The van der Waals surface area contributed by atoms with Gasteiger partial charge in [0.1, 0.15) is 29.8 Å². The molecule has 1 heterocycles. The third-order valence-electron chi connectivity index (χ3n) is 6.06. The summed E-state index contributed by atoms with van der Waals surface area (Å²) in [5.41, 5.74) is 5.34. The van der Waals surface area contributed by atoms with E-state index in [2.05, 4.69) is 15.4 Å². The number of alkyl halides is 3. The van der Waals surface area contributed by atoms with Crippen molar-refractivity contribution in [2.24, 2.45) is 10.7 Å². The van der Waals surface area contributed by atoms with Crippen LogP contribution in [0, 0.1) is 22.9 Å². The molecule has 0 fully saturated rings. The molecular weight excluding hydrogens is 562 g/mol. The summed E-state index contributed by atoms with van der Waals surface area (Å²) in [5.74, 6) is -3.77. The number of nitrogen functional groups attached to an aromatic ring is 1. The van der Waals surface area contributed by atoms with Crippen LogP contribution in [-0.4, -0.2) is 27.7 Å². The Morgan fingerprint density at radius 2 is 1.76 bits per heavy atom. The van der Waals surface area contributed by atoms with E-state index >= 15 is 0 Å². The van der Waals surface area contributed by atoms with Crippen LogP contribution >= 0.6 is 0 Å². The number of aromatic nitrogens is 2. The average molecular weight is 591 g/mol. The van der Waals surface area contributed by atoms with E-state index < -0.39 is 47.6 Å². The molecule has 0 spiro atoms. The molecule has 0 atom stereocenters. The molecule has 0 saturated heterocycles. The number of halogens is 6. The Labute approximate surface area is 238 Å². The van der Waals surface area contributed by atoms with Gasteiger partial charge in [-0.25, -0.2) is 13.2 Å². The van der Waals surface area contributed by atoms with Crippen LogP contribution in [0.2, 0.25) is 0 Å². The minimum Gasteiger partial charge on any atom is -0.384 e. The molecule has 1 aromatic heterocycles. The number of carbonyl (C=O) groups excluding carboxylic acids is 1. The number of hydrogen-bond donors (Lipinski definition) is 3. The highest BCUT2D eigenvalue weighted by Gasteiger charge is 2.35. The fourth-order valence-corrected chi connectivity index (χ4v) is 4.24. The van der Waals surface area contributed by atoms with Gasteiger partial charge in [-0.1, -0.05) is 19.1 Å². The van der Waals surface area contributed by atoms with Crippen LogP contribution in [0.15, 0.2) is 64.9 Å². The molecule has 0 aliphatic carbocycles. The van der Waals surface area contributed by atoms with Gasteiger partial charge in [0.05, 0.1) is 11.3 Å². The topological polar surface area (TPSA) is 109 Å². The molecule has 4 N–H and O–H groups in total. The standard InChI is InChI=1S/C29H28F6N6O/c1-4-20-14-25(29(33,34)35)40-41(20)15-26(42)39-24(11-16-9-18(30)13-19(31)10-16)27(38-6-3)21(5-2)17-7-8-23(32)22(12-17)28(36)37/h5-10,12-14H,4,11,15H2,1-3H3,(H3,36,37)(H,39,42)/b21-5-,27-24-,38-6?. The van der Waals surface area contributed by atoms with Crippen LogP contribution < -0.4 is 11.1 Å². The highest BCUT2D eigenvalue weighted by molar-refractivity contribution is 5.96. The molecular formula is C29H28F6N6O. The van der Waals surface area contributed by atoms with E-state index in [1.807, 2.05) is 0 Å². The first kappa shape index (κ1) is 31.8. The maximum Gasteiger partial charge on any atom is 0.435 e. The highest BCUT2D eigenvalue weighted by Crippen LogP contribution is 2.30. The van der Waals surface area contributed by atoms with E-state index in [0.29, 0.717) is 17.2 Å². The maximum atomic E-state index is 14.3. The van der Waals surface area contributed by atoms with Gasteiger partial charge in [0, 0.05) is 35.7 Å². The van der Waals surface area contributed by atoms with E-state index in [0.717, 1.165) is 28.9 Å². The fourth-order valence-electron chi connectivity index (χ4n) is 4.24. The molecule has 0 unspecified atom stereocenters. The normalized spacial score (nSPS) is 12.9. The summed E-state index contributed by atoms with van der Waals surface area (Å²) < 4.78 is 83.0. The van der Waals surface area contributed by atoms with Crippen LogP contribution in [0.3, 0.4) is 0 Å². The molecule has 0 aliphatic rings. The van der Waals surface area contributed by atoms with Crippen molar-refractivity contribution in [3.8, 4) is 0 Å². The fraction of sp³-hybridized carbons (Fsp3) is 0.241. The number of allylic oxidation sites excluding steroid dienone is 3. The van der Waals surface area contributed by atoms with Crippen LogP contribution in [0.1, 0.15) is 48.8 Å². The Hall–Kier alpha value is -4.68. The van der Waals surface area contributed by atoms with Gasteiger partial charge in [-0.15, -0.1) is 0 Å². The summed E-state index contributed by atoms with van der Waals surface area (Å²) in [4.78, 5) is 17.6. The Bertz CT molecular complexity index is 1570. The highest BCUT2D eigenvalue weighted by atomic mass is 19.4. The number of nitrogens with two attached hydrogens (primary N) is 1. The van der Waals surface area contributed by atoms with Crippen molar-refractivity contribution >= 4 is 23.5 Å². The number of carbonyl (C=O) groups is 1. The van der Waals surface area contributed by atoms with Gasteiger partial charge in [0.2, 0.25) is 5.91 Å². The molecule has 2 aromatic carbocycles. The predicted octanol–water partition coefficient (Wildman–Crippen LogP) is 5.93. The maximum absolute atomic E-state index is 14.3. The van der Waals surface area contributed by atoms with Crippen molar-refractivity contribution in [3.05, 3.63) is 105 Å². The van der Waals surface area contributed by atoms with Crippen molar-refractivity contribution in [1.29, 1.82) is 5.41 Å². The monoisotopic (exact) mass is 590 g/mol. The smallest absolute Gasteiger partial charge is 0.384 e. The Balaban J connectivity index is 2.14. The van der Waals surface area contributed by atoms with Gasteiger partial charge in [-0.2, -0.15) is 18.3 Å². The van der Waals surface area contributed by atoms with E-state index in [4.69, 9.17) is 11.1 Å². The van der Waals surface area contributed by atoms with Gasteiger partial charge in [-0.3, -0.25) is 19.9 Å². The molecule has 222 valence electrons. The average Bonchev–Trinajstić information content (AvgIpc) is 3.31. The van der Waals surface area contributed by atoms with Crippen molar-refractivity contribution < 1.29 is 31.1 Å². The first-order valence-corrected chi connectivity index (χ1v) is 12.7. The second-order valence-electron chi connectivity index (χ2n) is 9.06. The van der Waals surface area contributed by atoms with Gasteiger partial charge < -0.3 is 11.1 Å². The number of aryl methyl sites for hydroxylation is 1. The van der Waals surface area contributed by atoms with Gasteiger partial charge >= 0.3 is 6.18 Å². The third-order valence-corrected chi connectivity index (χ3v) is 6.06. The summed E-state index contributed by atoms with van der Waals surface area (Å²) >= 11 is 0. The molecule has 13 heteroatoms. The van der Waals surface area contributed by atoms with E-state index in [1.54, 1.807) is 26.8 Å². The first-order valence-electron chi connectivity index (χ1n) is 12.7. The largest absolute Gasteiger partial charge is 0.435 e. The van der Waals surface area contributed by atoms with Crippen LogP contribution in [0.5, 0.6) is 0 Å². The molecule has 1 amide bonds. The number of rotatable bonds is 10. The van der Waals surface area contributed by atoms with E-state index in [1.165, 1.54) is 18.3 Å². The molecule has 7 nitrogen and oxygen atoms in total. The number of amides is 1. The van der Waals surface area contributed by atoms with Crippen LogP contribution in [-0.2, 0) is 30.4 Å². The first-order chi connectivity index (χ1) is 19.8. The molecule has 0 radical (unpaired) electrons. The number of hydrogen-bond acceptors (Lipinski definition) is 4. The lowest BCUT2D eigenvalue weighted by atomic mass is 9.96. The SMILES string of the molecule is CC=NC(/C(=C\C)c1ccc(F)c(C(=N)N)c1)=C(/Cc1cc(F)cc(F)c1)NC(=O)Cn1nc(C(F)(F)F)cc1CC. The van der Waals surface area contributed by atoms with Crippen LogP contribution in [0.25, 0.3) is 5.57 Å². The Morgan fingerprint density at radius 3 is 2.31 bits per heavy atom. The molecule has 3 aromatic rings. The third kappa shape index (κ3) is 7.74.